The van der Waals surface area contributed by atoms with Crippen molar-refractivity contribution >= 4 is 29.7 Å². The van der Waals surface area contributed by atoms with Gasteiger partial charge in [0.2, 0.25) is 17.7 Å². The molecule has 12 heteroatoms. The fraction of sp³-hybridized carbons (Fsp3) is 0.469. The molecule has 2 unspecified atom stereocenters. The number of aryl methyl sites for hydroxylation is 1. The molecule has 2 heterocycles. The molecule has 4 atom stereocenters. The van der Waals surface area contributed by atoms with Crippen LogP contribution in [0.25, 0.3) is 0 Å². The molecule has 0 saturated carbocycles. The van der Waals surface area contributed by atoms with Crippen LogP contribution in [0, 0.1) is 5.92 Å². The maximum Gasteiger partial charge on any atom is 0.433 e. The summed E-state index contributed by atoms with van der Waals surface area (Å²) >= 11 is 0. The summed E-state index contributed by atoms with van der Waals surface area (Å²) in [5.41, 5.74) is 7.35. The molecule has 2 fully saturated rings. The minimum absolute atomic E-state index is 0.00181. The van der Waals surface area contributed by atoms with E-state index in [0.717, 1.165) is 17.5 Å². The Morgan fingerprint density at radius 2 is 1.64 bits per heavy atom. The van der Waals surface area contributed by atoms with Crippen LogP contribution in [0.2, 0.25) is 0 Å². The second-order valence-electron chi connectivity index (χ2n) is 11.7. The Labute approximate surface area is 257 Å². The Hall–Kier alpha value is -4.45. The first-order valence-corrected chi connectivity index (χ1v) is 15.0. The zero-order chi connectivity index (χ0) is 31.8. The molecule has 0 aromatic heterocycles. The fourth-order valence-electron chi connectivity index (χ4n) is 5.79. The van der Waals surface area contributed by atoms with Crippen LogP contribution in [0.3, 0.4) is 0 Å². The largest absolute Gasteiger partial charge is 0.463 e. The smallest absolute Gasteiger partial charge is 0.433 e. The van der Waals surface area contributed by atoms with E-state index in [0.29, 0.717) is 18.0 Å². The average molecular weight is 608 g/mol. The summed E-state index contributed by atoms with van der Waals surface area (Å²) in [6.07, 6.45) is -2.29. The van der Waals surface area contributed by atoms with E-state index in [-0.39, 0.29) is 38.1 Å². The van der Waals surface area contributed by atoms with Crippen LogP contribution in [0.15, 0.2) is 60.7 Å². The van der Waals surface area contributed by atoms with E-state index in [1.807, 2.05) is 74.5 Å². The quantitative estimate of drug-likeness (QED) is 0.294. The van der Waals surface area contributed by atoms with E-state index in [1.165, 1.54) is 9.80 Å². The van der Waals surface area contributed by atoms with Gasteiger partial charge in [-0.25, -0.2) is 4.79 Å². The summed E-state index contributed by atoms with van der Waals surface area (Å²) in [6.45, 7) is 3.82. The number of hydrogen-bond acceptors (Lipinski definition) is 6. The lowest BCUT2D eigenvalue weighted by molar-refractivity contribution is -0.268. The molecule has 0 aliphatic carbocycles. The third-order valence-electron chi connectivity index (χ3n) is 7.90. The molecule has 0 spiro atoms. The molecule has 0 radical (unpaired) electrons. The molecule has 4 N–H and O–H groups in total. The highest BCUT2D eigenvalue weighted by Gasteiger charge is 2.54. The summed E-state index contributed by atoms with van der Waals surface area (Å²) in [5, 5.41) is 13.7. The van der Waals surface area contributed by atoms with Crippen LogP contribution in [-0.2, 0) is 36.9 Å². The van der Waals surface area contributed by atoms with E-state index in [4.69, 9.17) is 10.6 Å². The van der Waals surface area contributed by atoms with Crippen molar-refractivity contribution < 1.29 is 33.9 Å². The van der Waals surface area contributed by atoms with Crippen molar-refractivity contribution in [2.45, 2.75) is 76.7 Å². The van der Waals surface area contributed by atoms with Crippen LogP contribution in [0.1, 0.15) is 50.7 Å². The van der Waals surface area contributed by atoms with Gasteiger partial charge in [0.15, 0.2) is 12.3 Å². The standard InChI is InChI=1S/C32H41N5O7/c1-21(2)18-26-31(41)36-24(15-16-27(33)38)30(40)35(20-28(36)37(44-26)32(42)43)25(19-23-12-7-4-8-13-23)29(39)34-17-9-14-22-10-5-3-6-11-22/h3-8,10-13,21,24-26,28H,9,14-20H2,1-2H3,(H2,33,38)(H,34,39)(H,42,43)/t24-,25?,26+,28?/m0/s1. The van der Waals surface area contributed by atoms with Crippen molar-refractivity contribution in [3.05, 3.63) is 71.8 Å². The summed E-state index contributed by atoms with van der Waals surface area (Å²) < 4.78 is 0. The van der Waals surface area contributed by atoms with E-state index >= 15 is 0 Å². The van der Waals surface area contributed by atoms with E-state index in [9.17, 15) is 29.1 Å². The molecule has 2 aliphatic heterocycles. The highest BCUT2D eigenvalue weighted by Crippen LogP contribution is 2.32. The van der Waals surface area contributed by atoms with Crippen LogP contribution < -0.4 is 11.1 Å². The number of nitrogens with one attached hydrogen (secondary N) is 1. The van der Waals surface area contributed by atoms with Gasteiger partial charge in [-0.1, -0.05) is 74.5 Å². The molecule has 4 rings (SSSR count). The number of hydrogen-bond donors (Lipinski definition) is 3. The van der Waals surface area contributed by atoms with E-state index in [2.05, 4.69) is 5.32 Å². The summed E-state index contributed by atoms with van der Waals surface area (Å²) in [5.74, 6) is -2.16. The number of fused-ring (bicyclic) bond motifs is 1. The second kappa shape index (κ2) is 14.8. The molecular weight excluding hydrogens is 566 g/mol. The zero-order valence-corrected chi connectivity index (χ0v) is 25.1. The van der Waals surface area contributed by atoms with Gasteiger partial charge in [-0.3, -0.25) is 24.0 Å². The van der Waals surface area contributed by atoms with Crippen molar-refractivity contribution in [3.63, 3.8) is 0 Å². The van der Waals surface area contributed by atoms with Gasteiger partial charge in [0.1, 0.15) is 12.1 Å². The molecule has 12 nitrogen and oxygen atoms in total. The van der Waals surface area contributed by atoms with Gasteiger partial charge in [0, 0.05) is 19.4 Å². The number of rotatable bonds is 13. The van der Waals surface area contributed by atoms with Gasteiger partial charge in [-0.15, -0.1) is 0 Å². The van der Waals surface area contributed by atoms with E-state index < -0.39 is 54.1 Å². The number of nitrogens with two attached hydrogens (primary N) is 1. The predicted octanol–water partition coefficient (Wildman–Crippen LogP) is 2.32. The topological polar surface area (TPSA) is 163 Å². The van der Waals surface area contributed by atoms with Crippen molar-refractivity contribution in [2.75, 3.05) is 13.1 Å². The average Bonchev–Trinajstić information content (AvgIpc) is 2.99. The van der Waals surface area contributed by atoms with Crippen LogP contribution in [0.5, 0.6) is 0 Å². The van der Waals surface area contributed by atoms with Gasteiger partial charge >= 0.3 is 6.09 Å². The second-order valence-corrected chi connectivity index (χ2v) is 11.7. The number of piperazine rings is 1. The molecule has 44 heavy (non-hydrogen) atoms. The van der Waals surface area contributed by atoms with Gasteiger partial charge in [0.05, 0.1) is 6.54 Å². The van der Waals surface area contributed by atoms with Crippen molar-refractivity contribution in [2.24, 2.45) is 11.7 Å². The van der Waals surface area contributed by atoms with Crippen LogP contribution >= 0.6 is 0 Å². The van der Waals surface area contributed by atoms with E-state index in [1.54, 1.807) is 0 Å². The fourth-order valence-corrected chi connectivity index (χ4v) is 5.79. The molecule has 0 bridgehead atoms. The molecule has 236 valence electrons. The third-order valence-corrected chi connectivity index (χ3v) is 7.90. The Bertz CT molecular complexity index is 1320. The van der Waals surface area contributed by atoms with Gasteiger partial charge in [0.25, 0.3) is 5.91 Å². The Balaban J connectivity index is 1.63. The summed E-state index contributed by atoms with van der Waals surface area (Å²) in [6, 6.07) is 16.8. The van der Waals surface area contributed by atoms with Crippen molar-refractivity contribution in [3.8, 4) is 0 Å². The van der Waals surface area contributed by atoms with Crippen LogP contribution in [0.4, 0.5) is 4.79 Å². The molecular formula is C32H41N5O7. The summed E-state index contributed by atoms with van der Waals surface area (Å²) in [7, 11) is 0. The molecule has 2 aromatic carbocycles. The van der Waals surface area contributed by atoms with Gasteiger partial charge < -0.3 is 26.0 Å². The predicted molar refractivity (Wildman–Crippen MR) is 160 cm³/mol. The first kappa shape index (κ1) is 32.5. The first-order chi connectivity index (χ1) is 21.1. The monoisotopic (exact) mass is 607 g/mol. The van der Waals surface area contributed by atoms with Crippen LogP contribution in [-0.4, -0.2) is 87.1 Å². The number of carbonyl (C=O) groups is 5. The van der Waals surface area contributed by atoms with Crippen molar-refractivity contribution in [1.29, 1.82) is 0 Å². The summed E-state index contributed by atoms with van der Waals surface area (Å²) in [4.78, 5) is 74.0. The number of nitrogens with zero attached hydrogens (tertiary/aromatic N) is 3. The molecule has 5 amide bonds. The number of amides is 5. The molecule has 2 saturated heterocycles. The Morgan fingerprint density at radius 3 is 2.23 bits per heavy atom. The van der Waals surface area contributed by atoms with Gasteiger partial charge in [-0.2, -0.15) is 5.06 Å². The minimum Gasteiger partial charge on any atom is -0.463 e. The number of hydroxylamine groups is 2. The SMILES string of the molecule is CC(C)C[C@H]1ON(C(=O)O)C2CN(C(Cc3ccccc3)C(=O)NCCCc3ccccc3)C(=O)[C@H](CCC(N)=O)N2C1=O. The zero-order valence-electron chi connectivity index (χ0n) is 25.1. The maximum atomic E-state index is 14.2. The number of benzene rings is 2. The molecule has 2 aliphatic rings. The lowest BCUT2D eigenvalue weighted by atomic mass is 9.95. The molecule has 2 aromatic rings. The lowest BCUT2D eigenvalue weighted by Gasteiger charge is -2.53. The highest BCUT2D eigenvalue weighted by molar-refractivity contribution is 5.95. The first-order valence-electron chi connectivity index (χ1n) is 15.0. The lowest BCUT2D eigenvalue weighted by Crippen LogP contribution is -2.75. The minimum atomic E-state index is -1.44. The number of primary amides is 1. The normalized spacial score (nSPS) is 20.8. The number of carboxylic acid groups (broad SMARTS) is 1. The Kier molecular flexibility index (Phi) is 10.9. The van der Waals surface area contributed by atoms with Gasteiger partial charge in [-0.05, 0) is 42.7 Å². The Morgan fingerprint density at radius 1 is 1.00 bits per heavy atom. The third kappa shape index (κ3) is 7.93. The maximum absolute atomic E-state index is 14.2. The van der Waals surface area contributed by atoms with Crippen molar-refractivity contribution in [1.82, 2.24) is 20.2 Å². The number of carbonyl (C=O) groups excluding carboxylic acids is 4. The highest BCUT2D eigenvalue weighted by atomic mass is 16.7.